The first-order valence-electron chi connectivity index (χ1n) is 6.93. The van der Waals surface area contributed by atoms with E-state index < -0.39 is 6.10 Å². The molecule has 5 heteroatoms. The number of hydrogen-bond acceptors (Lipinski definition) is 5. The van der Waals surface area contributed by atoms with Crippen LogP contribution in [0.1, 0.15) is 26.7 Å². The molecule has 110 valence electrons. The summed E-state index contributed by atoms with van der Waals surface area (Å²) < 4.78 is 15.8. The first kappa shape index (κ1) is 17.8. The summed E-state index contributed by atoms with van der Waals surface area (Å²) in [5.74, 6) is 0. The molecule has 18 heavy (non-hydrogen) atoms. The van der Waals surface area contributed by atoms with Crippen molar-refractivity contribution in [2.45, 2.75) is 32.8 Å². The fourth-order valence-electron chi connectivity index (χ4n) is 1.30. The van der Waals surface area contributed by atoms with Crippen LogP contribution in [0.2, 0.25) is 0 Å². The molecule has 0 bridgehead atoms. The van der Waals surface area contributed by atoms with Gasteiger partial charge in [0, 0.05) is 26.3 Å². The van der Waals surface area contributed by atoms with E-state index in [0.717, 1.165) is 26.0 Å². The Bertz CT molecular complexity index is 158. The second-order valence-electron chi connectivity index (χ2n) is 4.10. The van der Waals surface area contributed by atoms with Crippen LogP contribution in [-0.4, -0.2) is 63.9 Å². The molecule has 1 atom stereocenters. The average molecular weight is 263 g/mol. The first-order chi connectivity index (χ1) is 8.81. The van der Waals surface area contributed by atoms with Crippen molar-refractivity contribution >= 4 is 0 Å². The van der Waals surface area contributed by atoms with Crippen LogP contribution in [0, 0.1) is 0 Å². The molecule has 2 N–H and O–H groups in total. The van der Waals surface area contributed by atoms with Gasteiger partial charge in [0.25, 0.3) is 0 Å². The molecule has 0 aliphatic heterocycles. The smallest absolute Gasteiger partial charge is 0.0897 e. The van der Waals surface area contributed by atoms with Crippen LogP contribution in [0.5, 0.6) is 0 Å². The summed E-state index contributed by atoms with van der Waals surface area (Å²) in [6, 6.07) is 0. The van der Waals surface area contributed by atoms with E-state index in [-0.39, 0.29) is 0 Å². The van der Waals surface area contributed by atoms with E-state index in [0.29, 0.717) is 39.6 Å². The van der Waals surface area contributed by atoms with Crippen LogP contribution < -0.4 is 5.32 Å². The highest BCUT2D eigenvalue weighted by atomic mass is 16.5. The molecule has 0 aromatic carbocycles. The maximum Gasteiger partial charge on any atom is 0.0897 e. The van der Waals surface area contributed by atoms with Crippen molar-refractivity contribution in [2.24, 2.45) is 0 Å². The maximum absolute atomic E-state index is 9.58. The molecular weight excluding hydrogens is 234 g/mol. The van der Waals surface area contributed by atoms with Crippen molar-refractivity contribution in [1.82, 2.24) is 5.32 Å². The van der Waals surface area contributed by atoms with Gasteiger partial charge in [0.2, 0.25) is 0 Å². The third-order valence-corrected chi connectivity index (χ3v) is 2.33. The zero-order chi connectivity index (χ0) is 13.5. The molecule has 0 heterocycles. The quantitative estimate of drug-likeness (QED) is 0.454. The zero-order valence-electron chi connectivity index (χ0n) is 11.8. The van der Waals surface area contributed by atoms with Crippen molar-refractivity contribution in [3.05, 3.63) is 0 Å². The second kappa shape index (κ2) is 14.9. The van der Waals surface area contributed by atoms with Crippen LogP contribution in [0.15, 0.2) is 0 Å². The molecule has 0 spiro atoms. The lowest BCUT2D eigenvalue weighted by Crippen LogP contribution is -2.32. The van der Waals surface area contributed by atoms with Crippen molar-refractivity contribution < 1.29 is 19.3 Å². The normalized spacial score (nSPS) is 12.8. The van der Waals surface area contributed by atoms with E-state index in [2.05, 4.69) is 12.2 Å². The minimum Gasteiger partial charge on any atom is -0.389 e. The van der Waals surface area contributed by atoms with Gasteiger partial charge in [0.15, 0.2) is 0 Å². The van der Waals surface area contributed by atoms with Gasteiger partial charge >= 0.3 is 0 Å². The van der Waals surface area contributed by atoms with Gasteiger partial charge in [-0.05, 0) is 13.3 Å². The summed E-state index contributed by atoms with van der Waals surface area (Å²) in [5.41, 5.74) is 0. The Morgan fingerprint density at radius 2 is 1.78 bits per heavy atom. The third kappa shape index (κ3) is 13.9. The molecule has 1 unspecified atom stereocenters. The summed E-state index contributed by atoms with van der Waals surface area (Å²) in [7, 11) is 0. The number of nitrogens with one attached hydrogen (secondary N) is 1. The molecule has 5 nitrogen and oxygen atoms in total. The monoisotopic (exact) mass is 263 g/mol. The molecule has 0 rings (SSSR count). The summed E-state index contributed by atoms with van der Waals surface area (Å²) in [4.78, 5) is 0. The Hall–Kier alpha value is -0.200. The van der Waals surface area contributed by atoms with Crippen LogP contribution >= 0.6 is 0 Å². The predicted molar refractivity (Wildman–Crippen MR) is 71.9 cm³/mol. The van der Waals surface area contributed by atoms with E-state index in [1.807, 2.05) is 6.92 Å². The average Bonchev–Trinajstić information content (AvgIpc) is 2.37. The standard InChI is InChI=1S/C13H29NO4/c1-3-5-7-17-8-6-14-11-13(15)12-18-10-9-16-4-2/h13-15H,3-12H2,1-2H3. The minimum absolute atomic E-state index is 0.344. The van der Waals surface area contributed by atoms with Gasteiger partial charge in [-0.15, -0.1) is 0 Å². The summed E-state index contributed by atoms with van der Waals surface area (Å²) in [6.45, 7) is 9.06. The van der Waals surface area contributed by atoms with Gasteiger partial charge in [0.1, 0.15) is 0 Å². The fraction of sp³-hybridized carbons (Fsp3) is 1.00. The van der Waals surface area contributed by atoms with Gasteiger partial charge in [-0.2, -0.15) is 0 Å². The topological polar surface area (TPSA) is 60.0 Å². The fourth-order valence-corrected chi connectivity index (χ4v) is 1.30. The summed E-state index contributed by atoms with van der Waals surface area (Å²) in [6.07, 6.45) is 1.80. The molecule has 0 aliphatic rings. The SMILES string of the molecule is CCCCOCCNCC(O)COCCOCC. The van der Waals surface area contributed by atoms with Gasteiger partial charge in [-0.1, -0.05) is 13.3 Å². The molecule has 0 saturated heterocycles. The Morgan fingerprint density at radius 1 is 1.00 bits per heavy atom. The van der Waals surface area contributed by atoms with Gasteiger partial charge in [-0.25, -0.2) is 0 Å². The van der Waals surface area contributed by atoms with Crippen LogP contribution in [0.25, 0.3) is 0 Å². The van der Waals surface area contributed by atoms with Crippen LogP contribution in [0.3, 0.4) is 0 Å². The van der Waals surface area contributed by atoms with Gasteiger partial charge in [0.05, 0.1) is 32.5 Å². The number of aliphatic hydroxyl groups is 1. The first-order valence-corrected chi connectivity index (χ1v) is 6.93. The highest BCUT2D eigenvalue weighted by Crippen LogP contribution is 1.87. The van der Waals surface area contributed by atoms with Crippen molar-refractivity contribution in [3.63, 3.8) is 0 Å². The van der Waals surface area contributed by atoms with Gasteiger partial charge in [-0.3, -0.25) is 0 Å². The van der Waals surface area contributed by atoms with Crippen molar-refractivity contribution in [2.75, 3.05) is 52.7 Å². The van der Waals surface area contributed by atoms with E-state index >= 15 is 0 Å². The molecule has 0 radical (unpaired) electrons. The lowest BCUT2D eigenvalue weighted by atomic mass is 10.3. The summed E-state index contributed by atoms with van der Waals surface area (Å²) in [5, 5.41) is 12.7. The largest absolute Gasteiger partial charge is 0.389 e. The Morgan fingerprint density at radius 3 is 2.50 bits per heavy atom. The van der Waals surface area contributed by atoms with E-state index in [4.69, 9.17) is 14.2 Å². The number of hydrogen-bond donors (Lipinski definition) is 2. The van der Waals surface area contributed by atoms with Crippen molar-refractivity contribution in [1.29, 1.82) is 0 Å². The van der Waals surface area contributed by atoms with E-state index in [1.54, 1.807) is 0 Å². The Balaban J connectivity index is 3.09. The Labute approximate surface area is 111 Å². The second-order valence-corrected chi connectivity index (χ2v) is 4.10. The maximum atomic E-state index is 9.58. The number of ether oxygens (including phenoxy) is 3. The number of aliphatic hydroxyl groups excluding tert-OH is 1. The molecular formula is C13H29NO4. The van der Waals surface area contributed by atoms with Crippen LogP contribution in [-0.2, 0) is 14.2 Å². The van der Waals surface area contributed by atoms with E-state index in [9.17, 15) is 5.11 Å². The third-order valence-electron chi connectivity index (χ3n) is 2.33. The molecule has 0 fully saturated rings. The minimum atomic E-state index is -0.470. The van der Waals surface area contributed by atoms with Gasteiger partial charge < -0.3 is 24.6 Å². The lowest BCUT2D eigenvalue weighted by Gasteiger charge is -2.12. The lowest BCUT2D eigenvalue weighted by molar-refractivity contribution is 0.00597. The summed E-state index contributed by atoms with van der Waals surface area (Å²) >= 11 is 0. The molecule has 0 aliphatic carbocycles. The molecule has 0 saturated carbocycles. The molecule has 0 aromatic heterocycles. The number of rotatable bonds is 14. The van der Waals surface area contributed by atoms with Crippen LogP contribution in [0.4, 0.5) is 0 Å². The molecule has 0 aromatic rings. The highest BCUT2D eigenvalue weighted by molar-refractivity contribution is 4.57. The zero-order valence-corrected chi connectivity index (χ0v) is 11.8. The Kier molecular flexibility index (Phi) is 14.7. The van der Waals surface area contributed by atoms with Crippen molar-refractivity contribution in [3.8, 4) is 0 Å². The number of unbranched alkanes of at least 4 members (excludes halogenated alkanes) is 1. The predicted octanol–water partition coefficient (Wildman–Crippen LogP) is 0.807. The van der Waals surface area contributed by atoms with E-state index in [1.165, 1.54) is 0 Å². The highest BCUT2D eigenvalue weighted by Gasteiger charge is 2.03. The molecule has 0 amide bonds.